The first-order valence-electron chi connectivity index (χ1n) is 47.9. The number of hydrogen-bond acceptors (Lipinski definition) is 18. The smallest absolute Gasteiger partial charge is 0.450 e. The fourth-order valence-corrected chi connectivity index (χ4v) is 20.7. The molecule has 10 aromatic carbocycles. The lowest BCUT2D eigenvalue weighted by atomic mass is 9.80. The van der Waals surface area contributed by atoms with E-state index in [9.17, 15) is 52.5 Å². The highest BCUT2D eigenvalue weighted by Crippen LogP contribution is 2.60. The SMILES string of the molecule is CCc1ccc(O)cc1.CCc1ccc(O)cc1.CCc1ccc(O)cc1.CCc1ccc(OC(C)OCCC2CCCCC2)cc1.CCc1ccc(OC(OC2CC3CC2C2CCCC32)C(C)C)cc1.CCc1ccc(OS(=O)(=O)C(F)(F)C(F)(F)C(F)(F)S(=O)(=O)[O-])cc1.COc1ccc2c(c1)CCCC2OC(=O)C(C)C.COc1cccc([S+](c2cccc(C)c2)c2cccc(OC)c2)c1. The zero-order valence-corrected chi connectivity index (χ0v) is 84.6. The van der Waals surface area contributed by atoms with Gasteiger partial charge < -0.3 is 62.0 Å². The van der Waals surface area contributed by atoms with Crippen molar-refractivity contribution in [2.75, 3.05) is 27.9 Å². The van der Waals surface area contributed by atoms with Gasteiger partial charge in [0.1, 0.15) is 57.8 Å². The molecule has 10 aromatic rings. The van der Waals surface area contributed by atoms with Crippen LogP contribution < -0.4 is 27.9 Å². The summed E-state index contributed by atoms with van der Waals surface area (Å²) < 4.78 is 182. The molecule has 8 unspecified atom stereocenters. The lowest BCUT2D eigenvalue weighted by Crippen LogP contribution is -2.61. The Balaban J connectivity index is 0.000000198. The van der Waals surface area contributed by atoms with Gasteiger partial charge in [0.2, 0.25) is 6.29 Å². The molecule has 2 bridgehead atoms. The van der Waals surface area contributed by atoms with Crippen LogP contribution in [0, 0.1) is 48.3 Å². The maximum absolute atomic E-state index is 13.5. The van der Waals surface area contributed by atoms with Crippen molar-refractivity contribution in [1.29, 1.82) is 0 Å². The molecule has 752 valence electrons. The lowest BCUT2D eigenvalue weighted by molar-refractivity contribution is -0.247. The van der Waals surface area contributed by atoms with Crippen LogP contribution in [0.5, 0.6) is 51.7 Å². The van der Waals surface area contributed by atoms with E-state index < -0.39 is 42.4 Å². The number of carbonyl (C=O) groups is 1. The van der Waals surface area contributed by atoms with Crippen LogP contribution in [0.2, 0.25) is 0 Å². The molecule has 0 amide bonds. The topological polar surface area (TPSA) is 252 Å². The van der Waals surface area contributed by atoms with Crippen LogP contribution in [-0.2, 0) is 95.1 Å². The van der Waals surface area contributed by atoms with Crippen LogP contribution in [0.4, 0.5) is 26.3 Å². The van der Waals surface area contributed by atoms with E-state index in [2.05, 4.69) is 145 Å². The average Bonchev–Trinajstić information content (AvgIpc) is 0.923. The summed E-state index contributed by atoms with van der Waals surface area (Å²) in [4.78, 5) is 15.4. The van der Waals surface area contributed by atoms with E-state index >= 15 is 0 Å². The van der Waals surface area contributed by atoms with Crippen LogP contribution in [-0.4, -0.2) is 106 Å². The number of hydrogen-bond donors (Lipinski definition) is 3. The number of ether oxygens (including phenoxy) is 8. The molecule has 0 radical (unpaired) electrons. The fraction of sp³-hybridized carbons (Fsp3) is 0.450. The number of phenols is 3. The first-order valence-corrected chi connectivity index (χ1v) is 52.0. The summed E-state index contributed by atoms with van der Waals surface area (Å²) in [5.41, 5.74) is 10.7. The first kappa shape index (κ1) is 113. The Bertz CT molecular complexity index is 5360. The Kier molecular flexibility index (Phi) is 44.9. The fourth-order valence-electron chi connectivity index (χ4n) is 17.0. The summed E-state index contributed by atoms with van der Waals surface area (Å²) in [5.74, 6) is 2.21. The highest BCUT2D eigenvalue weighted by molar-refractivity contribution is 7.97. The third-order valence-electron chi connectivity index (χ3n) is 25.1. The summed E-state index contributed by atoms with van der Waals surface area (Å²) >= 11 is 0. The Morgan fingerprint density at radius 2 is 0.877 bits per heavy atom. The van der Waals surface area contributed by atoms with E-state index in [1.54, 1.807) is 64.7 Å². The zero-order chi connectivity index (χ0) is 101. The Hall–Kier alpha value is -10.4. The molecular formula is C111H140F6O18S3. The molecule has 5 aliphatic carbocycles. The molecule has 4 saturated carbocycles. The minimum absolute atomic E-state index is 0.0753. The molecule has 0 aromatic heterocycles. The molecule has 27 heteroatoms. The molecule has 138 heavy (non-hydrogen) atoms. The van der Waals surface area contributed by atoms with Crippen molar-refractivity contribution in [2.45, 2.75) is 267 Å². The Morgan fingerprint density at radius 3 is 1.31 bits per heavy atom. The number of benzene rings is 10. The van der Waals surface area contributed by atoms with Gasteiger partial charge in [0.15, 0.2) is 31.1 Å². The van der Waals surface area contributed by atoms with Crippen molar-refractivity contribution in [3.8, 4) is 51.7 Å². The number of halogens is 6. The van der Waals surface area contributed by atoms with Gasteiger partial charge in [-0.25, -0.2) is 8.42 Å². The lowest BCUT2D eigenvalue weighted by Gasteiger charge is -2.35. The van der Waals surface area contributed by atoms with E-state index in [1.165, 1.54) is 136 Å². The quantitative estimate of drug-likeness (QED) is 0.00912. The summed E-state index contributed by atoms with van der Waals surface area (Å²) in [7, 11) is -9.25. The molecule has 0 saturated heterocycles. The van der Waals surface area contributed by atoms with Crippen LogP contribution in [0.1, 0.15) is 216 Å². The number of alkyl halides is 6. The number of carbonyl (C=O) groups excluding carboxylic acids is 1. The van der Waals surface area contributed by atoms with Crippen LogP contribution in [0.15, 0.2) is 251 Å². The number of phenolic OH excluding ortho intramolecular Hbond substituents is 3. The molecule has 0 heterocycles. The van der Waals surface area contributed by atoms with Gasteiger partial charge in [-0.15, -0.1) is 0 Å². The minimum Gasteiger partial charge on any atom is -0.743 e. The zero-order valence-electron chi connectivity index (χ0n) is 82.2. The third kappa shape index (κ3) is 33.4. The van der Waals surface area contributed by atoms with Crippen molar-refractivity contribution in [1.82, 2.24) is 0 Å². The summed E-state index contributed by atoms with van der Waals surface area (Å²) in [5, 5.41) is 12.9. The average molecular weight is 1970 g/mol. The van der Waals surface area contributed by atoms with Gasteiger partial charge >= 0.3 is 32.5 Å². The maximum atomic E-state index is 13.5. The van der Waals surface area contributed by atoms with Crippen molar-refractivity contribution in [2.24, 2.45) is 41.4 Å². The van der Waals surface area contributed by atoms with Crippen LogP contribution in [0.3, 0.4) is 0 Å². The molecule has 3 N–H and O–H groups in total. The van der Waals surface area contributed by atoms with Gasteiger partial charge in [-0.3, -0.25) is 4.79 Å². The van der Waals surface area contributed by atoms with Gasteiger partial charge in [0, 0.05) is 18.1 Å². The Morgan fingerprint density at radius 1 is 0.457 bits per heavy atom. The normalized spacial score (nSPS) is 17.5. The largest absolute Gasteiger partial charge is 0.743 e. The second-order valence-electron chi connectivity index (χ2n) is 35.6. The molecule has 0 aliphatic heterocycles. The van der Waals surface area contributed by atoms with E-state index in [4.69, 9.17) is 53.2 Å². The number of aryl methyl sites for hydroxylation is 8. The number of aromatic hydroxyl groups is 3. The summed E-state index contributed by atoms with van der Waals surface area (Å²) in [6, 6.07) is 73.8. The summed E-state index contributed by atoms with van der Waals surface area (Å²) in [6.07, 6.45) is 23.9. The molecule has 8 atom stereocenters. The van der Waals surface area contributed by atoms with E-state index in [0.717, 1.165) is 134 Å². The van der Waals surface area contributed by atoms with Crippen molar-refractivity contribution >= 4 is 37.1 Å². The number of methoxy groups -OCH3 is 3. The summed E-state index contributed by atoms with van der Waals surface area (Å²) in [6.45, 7) is 25.3. The molecular weight excluding hydrogens is 1830 g/mol. The van der Waals surface area contributed by atoms with Crippen molar-refractivity contribution < 1.29 is 110 Å². The van der Waals surface area contributed by atoms with Gasteiger partial charge in [-0.1, -0.05) is 211 Å². The number of fused-ring (bicyclic) bond motifs is 6. The number of rotatable bonds is 31. The first-order chi connectivity index (χ1) is 65.7. The molecule has 15 rings (SSSR count). The van der Waals surface area contributed by atoms with Crippen LogP contribution >= 0.6 is 0 Å². The predicted molar refractivity (Wildman–Crippen MR) is 531 cm³/mol. The highest BCUT2D eigenvalue weighted by atomic mass is 32.2. The van der Waals surface area contributed by atoms with Gasteiger partial charge in [0.05, 0.1) is 50.9 Å². The highest BCUT2D eigenvalue weighted by Gasteiger charge is 2.81. The Labute approximate surface area is 817 Å². The van der Waals surface area contributed by atoms with E-state index in [1.807, 2.05) is 112 Å². The van der Waals surface area contributed by atoms with Crippen molar-refractivity contribution in [3.05, 3.63) is 287 Å². The van der Waals surface area contributed by atoms with Crippen LogP contribution in [0.25, 0.3) is 0 Å². The molecule has 5 aliphatic rings. The van der Waals surface area contributed by atoms with Crippen molar-refractivity contribution in [3.63, 3.8) is 0 Å². The monoisotopic (exact) mass is 1970 g/mol. The van der Waals surface area contributed by atoms with Gasteiger partial charge in [-0.2, -0.15) is 34.8 Å². The number of esters is 1. The third-order valence-corrected chi connectivity index (χ3v) is 29.4. The second kappa shape index (κ2) is 55.0. The second-order valence-corrected chi connectivity index (χ2v) is 40.6. The molecule has 0 spiro atoms. The maximum Gasteiger partial charge on any atom is 0.450 e. The minimum atomic E-state index is -7.32. The van der Waals surface area contributed by atoms with E-state index in [-0.39, 0.29) is 41.5 Å². The molecule has 18 nitrogen and oxygen atoms in total. The molecule has 4 fully saturated rings. The van der Waals surface area contributed by atoms with E-state index in [0.29, 0.717) is 41.3 Å². The van der Waals surface area contributed by atoms with Gasteiger partial charge in [-0.05, 0) is 305 Å². The standard InChI is InChI=1S/C22H32O2.C21H21O2S.C18H28O2.C15H20O3.C11H10F6O6S2.3C8H10O/c1-4-15-8-10-17(11-9-15)23-22(14(2)3)24-21-13-16-12-20(21)19-7-5-6-18(16)19;1-16-7-4-10-19(13-16)24(20-11-5-8-17(14-20)22-2)21-12-6-9-18(15-21)23-3;1-3-16-9-11-18(12-10-16)20-15(2)19-14-13-17-7-5-4-6-8-17;1-10(2)15(16)18-14-6-4-5-11-9-12(17-3)7-8-13(11)14;1-2-7-3-5-8(6-4-7)23-25(21,22)11(16,17)9(12,13)10(14,15)24(18,19)20;3*1-2-7-3-5-8(9)6-4-7/h8-11,14,16,18-22H,4-7,12-13H2,1-3H3;4-15H,1-3H3;9-12,15,17H,3-8,13-14H2,1-2H3;7-10,14H,4-6H2,1-3H3;3-6H,2H2,1H3,(H,18,19,20);3*3-6,9H,2H2,1H3/q;+1;;;;;;/p-1. The predicted octanol–water partition coefficient (Wildman–Crippen LogP) is 27.0. The van der Waals surface area contributed by atoms with Gasteiger partial charge in [0.25, 0.3) is 0 Å².